The van der Waals surface area contributed by atoms with Crippen molar-refractivity contribution in [3.8, 4) is 23.6 Å². The van der Waals surface area contributed by atoms with Gasteiger partial charge in [-0.15, -0.1) is 0 Å². The maximum Gasteiger partial charge on any atom is 0.205 e. The number of ether oxygens (including phenoxy) is 2. The molecule has 0 bridgehead atoms. The van der Waals surface area contributed by atoms with E-state index >= 15 is 0 Å². The second-order valence-electron chi connectivity index (χ2n) is 9.08. The third kappa shape index (κ3) is 3.79. The van der Waals surface area contributed by atoms with Gasteiger partial charge in [-0.3, -0.25) is 0 Å². The Hall–Kier alpha value is -4.62. The lowest BCUT2D eigenvalue weighted by atomic mass is 9.80. The number of fused-ring (bicyclic) bond motifs is 3. The minimum atomic E-state index is -0.435. The zero-order chi connectivity index (χ0) is 26.6. The first-order chi connectivity index (χ1) is 18.4. The zero-order valence-corrected chi connectivity index (χ0v) is 21.2. The van der Waals surface area contributed by atoms with E-state index in [1.54, 1.807) is 24.3 Å². The number of hydrogen-bond acceptors (Lipinski definition) is 6. The summed E-state index contributed by atoms with van der Waals surface area (Å²) in [7, 11) is 0. The van der Waals surface area contributed by atoms with Gasteiger partial charge < -0.3 is 20.9 Å². The van der Waals surface area contributed by atoms with Crippen molar-refractivity contribution in [2.75, 3.05) is 0 Å². The van der Waals surface area contributed by atoms with Crippen LogP contribution in [0.2, 0.25) is 10.0 Å². The van der Waals surface area contributed by atoms with Crippen LogP contribution in [0.5, 0.6) is 11.5 Å². The standard InChI is InChI=1S/C30H18Cl2N4O2/c31-19-5-1-15(2-6-19)27-21-9-17-10-22-26(12-18(17)11-25(21)37-29(35)23(27)13-33)38-30(36)24(14-34)28(22)16-3-7-20(32)8-4-16/h1-12,27-28H,35-36H2/t27-,28-/m1/s1. The molecule has 4 N–H and O–H groups in total. The second-order valence-corrected chi connectivity index (χ2v) is 9.95. The number of allylic oxidation sites excluding steroid dienone is 2. The highest BCUT2D eigenvalue weighted by atomic mass is 35.5. The minimum absolute atomic E-state index is 0.0575. The van der Waals surface area contributed by atoms with Crippen molar-refractivity contribution in [1.29, 1.82) is 10.5 Å². The number of benzene rings is 4. The van der Waals surface area contributed by atoms with Gasteiger partial charge in [-0.2, -0.15) is 10.5 Å². The molecule has 6 nitrogen and oxygen atoms in total. The normalized spacial score (nSPS) is 18.1. The van der Waals surface area contributed by atoms with Crippen molar-refractivity contribution in [3.05, 3.63) is 128 Å². The Morgan fingerprint density at radius 3 is 1.34 bits per heavy atom. The van der Waals surface area contributed by atoms with Gasteiger partial charge in [0, 0.05) is 21.2 Å². The molecule has 38 heavy (non-hydrogen) atoms. The fraction of sp³-hybridized carbons (Fsp3) is 0.0667. The monoisotopic (exact) mass is 536 g/mol. The van der Waals surface area contributed by atoms with Gasteiger partial charge in [0.15, 0.2) is 0 Å². The largest absolute Gasteiger partial charge is 0.440 e. The van der Waals surface area contributed by atoms with E-state index in [9.17, 15) is 10.5 Å². The van der Waals surface area contributed by atoms with Crippen molar-refractivity contribution in [3.63, 3.8) is 0 Å². The summed E-state index contributed by atoms with van der Waals surface area (Å²) in [6.07, 6.45) is 0. The molecule has 0 saturated carbocycles. The third-order valence-electron chi connectivity index (χ3n) is 6.92. The van der Waals surface area contributed by atoms with E-state index in [4.69, 9.17) is 44.1 Å². The highest BCUT2D eigenvalue weighted by Gasteiger charge is 2.33. The molecule has 0 radical (unpaired) electrons. The summed E-state index contributed by atoms with van der Waals surface area (Å²) in [5.41, 5.74) is 16.3. The molecule has 4 aromatic rings. The van der Waals surface area contributed by atoms with Crippen LogP contribution in [-0.2, 0) is 0 Å². The molecule has 0 aliphatic carbocycles. The van der Waals surface area contributed by atoms with Gasteiger partial charge in [-0.25, -0.2) is 0 Å². The summed E-state index contributed by atoms with van der Waals surface area (Å²) >= 11 is 12.2. The molecule has 0 saturated heterocycles. The van der Waals surface area contributed by atoms with Crippen LogP contribution in [0.4, 0.5) is 0 Å². The maximum atomic E-state index is 9.94. The van der Waals surface area contributed by atoms with Crippen LogP contribution in [-0.4, -0.2) is 0 Å². The molecule has 8 heteroatoms. The summed E-state index contributed by atoms with van der Waals surface area (Å²) < 4.78 is 11.8. The molecule has 2 aliphatic rings. The Balaban J connectivity index is 1.57. The first-order valence-electron chi connectivity index (χ1n) is 11.7. The van der Waals surface area contributed by atoms with Gasteiger partial charge in [-0.1, -0.05) is 47.5 Å². The van der Waals surface area contributed by atoms with Crippen molar-refractivity contribution < 1.29 is 9.47 Å². The van der Waals surface area contributed by atoms with E-state index in [0.29, 0.717) is 32.7 Å². The smallest absolute Gasteiger partial charge is 0.205 e. The Morgan fingerprint density at radius 2 is 0.974 bits per heavy atom. The summed E-state index contributed by atoms with van der Waals surface area (Å²) in [6.45, 7) is 0. The van der Waals surface area contributed by atoms with Crippen LogP contribution < -0.4 is 20.9 Å². The number of halogens is 2. The van der Waals surface area contributed by atoms with Gasteiger partial charge in [-0.05, 0) is 70.4 Å². The molecule has 2 atom stereocenters. The summed E-state index contributed by atoms with van der Waals surface area (Å²) in [5, 5.41) is 22.8. The number of nitrogens with zero attached hydrogens (tertiary/aromatic N) is 2. The highest BCUT2D eigenvalue weighted by Crippen LogP contribution is 2.48. The molecule has 0 aromatic heterocycles. The van der Waals surface area contributed by atoms with Crippen LogP contribution >= 0.6 is 23.2 Å². The van der Waals surface area contributed by atoms with Crippen LogP contribution in [0.3, 0.4) is 0 Å². The summed E-state index contributed by atoms with van der Waals surface area (Å²) in [5.74, 6) is 0.328. The van der Waals surface area contributed by atoms with Crippen LogP contribution in [0, 0.1) is 22.7 Å². The van der Waals surface area contributed by atoms with Crippen molar-refractivity contribution in [2.45, 2.75) is 11.8 Å². The molecule has 2 heterocycles. The Morgan fingerprint density at radius 1 is 0.605 bits per heavy atom. The molecule has 6 rings (SSSR count). The third-order valence-corrected chi connectivity index (χ3v) is 7.42. The molecule has 184 valence electrons. The Bertz CT molecular complexity index is 1650. The first kappa shape index (κ1) is 23.8. The topological polar surface area (TPSA) is 118 Å². The number of nitrogens with two attached hydrogens (primary N) is 2. The summed E-state index contributed by atoms with van der Waals surface area (Å²) in [4.78, 5) is 0. The van der Waals surface area contributed by atoms with Gasteiger partial charge >= 0.3 is 0 Å². The lowest BCUT2D eigenvalue weighted by Crippen LogP contribution is -2.22. The summed E-state index contributed by atoms with van der Waals surface area (Å²) in [6, 6.07) is 26.8. The fourth-order valence-corrected chi connectivity index (χ4v) is 5.41. The molecule has 4 aromatic carbocycles. The highest BCUT2D eigenvalue weighted by molar-refractivity contribution is 6.30. The Labute approximate surface area is 228 Å². The van der Waals surface area contributed by atoms with E-state index in [0.717, 1.165) is 33.0 Å². The molecule has 0 fully saturated rings. The molecule has 2 aliphatic heterocycles. The predicted molar refractivity (Wildman–Crippen MR) is 145 cm³/mol. The lowest BCUT2D eigenvalue weighted by molar-refractivity contribution is 0.393. The van der Waals surface area contributed by atoms with Crippen molar-refractivity contribution >= 4 is 34.0 Å². The van der Waals surface area contributed by atoms with Gasteiger partial charge in [0.25, 0.3) is 0 Å². The molecular formula is C30H18Cl2N4O2. The van der Waals surface area contributed by atoms with Gasteiger partial charge in [0.1, 0.15) is 34.8 Å². The van der Waals surface area contributed by atoms with E-state index in [-0.39, 0.29) is 11.8 Å². The fourth-order valence-electron chi connectivity index (χ4n) is 5.16. The van der Waals surface area contributed by atoms with Gasteiger partial charge in [0.2, 0.25) is 11.8 Å². The van der Waals surface area contributed by atoms with E-state index in [1.807, 2.05) is 48.5 Å². The first-order valence-corrected chi connectivity index (χ1v) is 12.4. The molecular weight excluding hydrogens is 519 g/mol. The van der Waals surface area contributed by atoms with E-state index < -0.39 is 11.8 Å². The van der Waals surface area contributed by atoms with Gasteiger partial charge in [0.05, 0.1) is 11.8 Å². The molecule has 0 spiro atoms. The average molecular weight is 537 g/mol. The zero-order valence-electron chi connectivity index (χ0n) is 19.7. The molecule has 0 unspecified atom stereocenters. The van der Waals surface area contributed by atoms with Crippen LogP contribution in [0.15, 0.2) is 95.7 Å². The van der Waals surface area contributed by atoms with Crippen LogP contribution in [0.25, 0.3) is 10.8 Å². The van der Waals surface area contributed by atoms with Crippen molar-refractivity contribution in [2.24, 2.45) is 11.5 Å². The van der Waals surface area contributed by atoms with Crippen molar-refractivity contribution in [1.82, 2.24) is 0 Å². The molecule has 0 amide bonds. The second kappa shape index (κ2) is 9.04. The SMILES string of the molecule is N#CC1=C(N)Oc2cc3cc4c(cc3cc2[C@H]1c1ccc(Cl)cc1)[C@@H](c1ccc(Cl)cc1)C(C#N)=C(N)O4. The minimum Gasteiger partial charge on any atom is -0.440 e. The maximum absolute atomic E-state index is 9.94. The van der Waals surface area contributed by atoms with Crippen LogP contribution in [0.1, 0.15) is 34.1 Å². The predicted octanol–water partition coefficient (Wildman–Crippen LogP) is 6.58. The quantitative estimate of drug-likeness (QED) is 0.298. The number of nitriles is 2. The average Bonchev–Trinajstić information content (AvgIpc) is 2.91. The van der Waals surface area contributed by atoms with E-state index in [1.165, 1.54) is 0 Å². The number of hydrogen-bond donors (Lipinski definition) is 2. The Kier molecular flexibility index (Phi) is 5.65. The lowest BCUT2D eigenvalue weighted by Gasteiger charge is -2.29. The number of rotatable bonds is 2. The van der Waals surface area contributed by atoms with E-state index in [2.05, 4.69) is 12.1 Å².